The molecule has 0 saturated heterocycles. The number of rotatable bonds is 6. The zero-order chi connectivity index (χ0) is 9.80. The Labute approximate surface area is 88.9 Å². The lowest BCUT2D eigenvalue weighted by molar-refractivity contribution is 0.667. The van der Waals surface area contributed by atoms with Crippen LogP contribution in [-0.2, 0) is 13.0 Å². The normalized spacial score (nSPS) is 16.1. The lowest BCUT2D eigenvalue weighted by Gasteiger charge is -1.96. The summed E-state index contributed by atoms with van der Waals surface area (Å²) in [6.07, 6.45) is 5.12. The Kier molecular flexibility index (Phi) is 3.48. The van der Waals surface area contributed by atoms with Crippen molar-refractivity contribution in [1.29, 1.82) is 0 Å². The van der Waals surface area contributed by atoms with Gasteiger partial charge in [0.25, 0.3) is 0 Å². The third-order valence-corrected chi connectivity index (χ3v) is 3.32. The Morgan fingerprint density at radius 2 is 2.14 bits per heavy atom. The van der Waals surface area contributed by atoms with Crippen molar-refractivity contribution in [1.82, 2.24) is 15.5 Å². The lowest BCUT2D eigenvalue weighted by Crippen LogP contribution is -2.13. The van der Waals surface area contributed by atoms with E-state index >= 15 is 0 Å². The van der Waals surface area contributed by atoms with Crippen LogP contribution in [0.1, 0.15) is 36.2 Å². The molecule has 2 rings (SSSR count). The van der Waals surface area contributed by atoms with Crippen LogP contribution in [0, 0.1) is 5.92 Å². The molecule has 4 heteroatoms. The van der Waals surface area contributed by atoms with Crippen LogP contribution < -0.4 is 5.32 Å². The summed E-state index contributed by atoms with van der Waals surface area (Å²) < 4.78 is 0. The average Bonchev–Trinajstić information content (AvgIpc) is 2.87. The van der Waals surface area contributed by atoms with E-state index in [-0.39, 0.29) is 0 Å². The zero-order valence-electron chi connectivity index (χ0n) is 8.62. The molecule has 1 fully saturated rings. The molecule has 1 aromatic rings. The molecule has 0 unspecified atom stereocenters. The maximum absolute atomic E-state index is 4.20. The number of nitrogens with one attached hydrogen (secondary N) is 1. The fourth-order valence-electron chi connectivity index (χ4n) is 1.38. The Morgan fingerprint density at radius 3 is 2.86 bits per heavy atom. The molecule has 0 atom stereocenters. The van der Waals surface area contributed by atoms with E-state index in [1.54, 1.807) is 11.3 Å². The highest BCUT2D eigenvalue weighted by Gasteiger charge is 2.23. The van der Waals surface area contributed by atoms with Gasteiger partial charge in [0.05, 0.1) is 0 Å². The first-order valence-electron chi connectivity index (χ1n) is 5.40. The number of aromatic nitrogens is 2. The summed E-state index contributed by atoms with van der Waals surface area (Å²) in [5.74, 6) is 0.916. The average molecular weight is 211 g/mol. The summed E-state index contributed by atoms with van der Waals surface area (Å²) in [6, 6.07) is 0. The summed E-state index contributed by atoms with van der Waals surface area (Å²) >= 11 is 1.77. The molecule has 1 aromatic heterocycles. The van der Waals surface area contributed by atoms with Gasteiger partial charge in [0, 0.05) is 13.0 Å². The predicted molar refractivity (Wildman–Crippen MR) is 58.3 cm³/mol. The van der Waals surface area contributed by atoms with Gasteiger partial charge in [0.2, 0.25) is 0 Å². The fourth-order valence-corrected chi connectivity index (χ4v) is 2.31. The van der Waals surface area contributed by atoms with Crippen LogP contribution in [0.15, 0.2) is 0 Å². The van der Waals surface area contributed by atoms with Crippen molar-refractivity contribution in [2.45, 2.75) is 39.2 Å². The molecule has 1 N–H and O–H groups in total. The van der Waals surface area contributed by atoms with Gasteiger partial charge in [0.1, 0.15) is 10.0 Å². The highest BCUT2D eigenvalue weighted by Crippen LogP contribution is 2.33. The molecule has 1 aliphatic carbocycles. The van der Waals surface area contributed by atoms with E-state index in [9.17, 15) is 0 Å². The quantitative estimate of drug-likeness (QED) is 0.731. The lowest BCUT2D eigenvalue weighted by atomic mass is 10.3. The summed E-state index contributed by atoms with van der Waals surface area (Å²) in [5, 5.41) is 14.1. The van der Waals surface area contributed by atoms with E-state index in [0.29, 0.717) is 0 Å². The SMILES string of the molecule is CCCNCc1nnc(CC2CC2)s1. The molecule has 0 spiro atoms. The monoisotopic (exact) mass is 211 g/mol. The van der Waals surface area contributed by atoms with E-state index < -0.39 is 0 Å². The van der Waals surface area contributed by atoms with E-state index in [1.165, 1.54) is 24.3 Å². The molecule has 0 aliphatic heterocycles. The topological polar surface area (TPSA) is 37.8 Å². The standard InChI is InChI=1S/C10H17N3S/c1-2-5-11-7-10-13-12-9(14-10)6-8-3-4-8/h8,11H,2-7H2,1H3. The summed E-state index contributed by atoms with van der Waals surface area (Å²) in [4.78, 5) is 0. The second-order valence-electron chi connectivity index (χ2n) is 3.91. The highest BCUT2D eigenvalue weighted by atomic mass is 32.1. The Bertz CT molecular complexity index is 281. The first-order chi connectivity index (χ1) is 6.88. The Hall–Kier alpha value is -0.480. The molecule has 14 heavy (non-hydrogen) atoms. The smallest absolute Gasteiger partial charge is 0.131 e. The van der Waals surface area contributed by atoms with Crippen LogP contribution in [0.3, 0.4) is 0 Å². The number of nitrogens with zero attached hydrogens (tertiary/aromatic N) is 2. The molecular weight excluding hydrogens is 194 g/mol. The zero-order valence-corrected chi connectivity index (χ0v) is 9.44. The van der Waals surface area contributed by atoms with Crippen LogP contribution in [-0.4, -0.2) is 16.7 Å². The van der Waals surface area contributed by atoms with Crippen molar-refractivity contribution in [2.24, 2.45) is 5.92 Å². The summed E-state index contributed by atoms with van der Waals surface area (Å²) in [6.45, 7) is 4.12. The van der Waals surface area contributed by atoms with Gasteiger partial charge in [-0.3, -0.25) is 0 Å². The minimum atomic E-state index is 0.885. The van der Waals surface area contributed by atoms with Crippen molar-refractivity contribution < 1.29 is 0 Å². The van der Waals surface area contributed by atoms with Crippen LogP contribution in [0.25, 0.3) is 0 Å². The molecule has 78 valence electrons. The Morgan fingerprint density at radius 1 is 1.36 bits per heavy atom. The second-order valence-corrected chi connectivity index (χ2v) is 5.06. The highest BCUT2D eigenvalue weighted by molar-refractivity contribution is 7.11. The number of hydrogen-bond acceptors (Lipinski definition) is 4. The first-order valence-corrected chi connectivity index (χ1v) is 6.22. The van der Waals surface area contributed by atoms with E-state index in [1.807, 2.05) is 0 Å². The van der Waals surface area contributed by atoms with Gasteiger partial charge in [-0.05, 0) is 31.7 Å². The second kappa shape index (κ2) is 4.84. The molecule has 0 aromatic carbocycles. The van der Waals surface area contributed by atoms with Crippen molar-refractivity contribution in [3.05, 3.63) is 10.0 Å². The fraction of sp³-hybridized carbons (Fsp3) is 0.800. The minimum Gasteiger partial charge on any atom is -0.310 e. The maximum atomic E-state index is 4.20. The summed E-state index contributed by atoms with van der Waals surface area (Å²) in [7, 11) is 0. The van der Waals surface area contributed by atoms with Crippen molar-refractivity contribution in [2.75, 3.05) is 6.54 Å². The maximum Gasteiger partial charge on any atom is 0.131 e. The van der Waals surface area contributed by atoms with Gasteiger partial charge < -0.3 is 5.32 Å². The van der Waals surface area contributed by atoms with Crippen LogP contribution >= 0.6 is 11.3 Å². The van der Waals surface area contributed by atoms with Crippen LogP contribution in [0.5, 0.6) is 0 Å². The molecule has 1 heterocycles. The van der Waals surface area contributed by atoms with Gasteiger partial charge >= 0.3 is 0 Å². The third-order valence-electron chi connectivity index (χ3n) is 2.37. The number of hydrogen-bond donors (Lipinski definition) is 1. The Balaban J connectivity index is 1.76. The van der Waals surface area contributed by atoms with E-state index in [0.717, 1.165) is 30.4 Å². The largest absolute Gasteiger partial charge is 0.310 e. The van der Waals surface area contributed by atoms with Crippen molar-refractivity contribution >= 4 is 11.3 Å². The van der Waals surface area contributed by atoms with Crippen LogP contribution in [0.2, 0.25) is 0 Å². The molecule has 0 amide bonds. The predicted octanol–water partition coefficient (Wildman–Crippen LogP) is 1.99. The molecule has 3 nitrogen and oxygen atoms in total. The van der Waals surface area contributed by atoms with Crippen LogP contribution in [0.4, 0.5) is 0 Å². The summed E-state index contributed by atoms with van der Waals surface area (Å²) in [5.41, 5.74) is 0. The van der Waals surface area contributed by atoms with Gasteiger partial charge in [0.15, 0.2) is 0 Å². The van der Waals surface area contributed by atoms with Crippen molar-refractivity contribution in [3.8, 4) is 0 Å². The van der Waals surface area contributed by atoms with E-state index in [4.69, 9.17) is 0 Å². The van der Waals surface area contributed by atoms with Gasteiger partial charge in [-0.25, -0.2) is 0 Å². The molecule has 0 radical (unpaired) electrons. The van der Waals surface area contributed by atoms with Gasteiger partial charge in [-0.15, -0.1) is 21.5 Å². The third kappa shape index (κ3) is 3.03. The van der Waals surface area contributed by atoms with Gasteiger partial charge in [-0.1, -0.05) is 6.92 Å². The van der Waals surface area contributed by atoms with Gasteiger partial charge in [-0.2, -0.15) is 0 Å². The first kappa shape index (κ1) is 10.1. The molecule has 1 aliphatic rings. The molecule has 1 saturated carbocycles. The minimum absolute atomic E-state index is 0.885. The molecule has 0 bridgehead atoms. The van der Waals surface area contributed by atoms with E-state index in [2.05, 4.69) is 22.4 Å². The van der Waals surface area contributed by atoms with Crippen molar-refractivity contribution in [3.63, 3.8) is 0 Å². The molecular formula is C10H17N3S.